The van der Waals surface area contributed by atoms with Gasteiger partial charge in [0, 0.05) is 50.0 Å². The van der Waals surface area contributed by atoms with Crippen molar-refractivity contribution >= 4 is 35.4 Å². The number of nitrogens with two attached hydrogens (primary N) is 1. The maximum Gasteiger partial charge on any atom is 0.490 e. The number of aliphatic hydroxyl groups is 1. The smallest absolute Gasteiger partial charge is 0.475 e. The standard InChI is InChI=1S/C38H44F2N6O6.C2HF3O2/c1-37(2,3)34(35-42-29(26-20-25(39)11-12-27(26)40)22-44(35)21-24-8-5-4-6-9-24)46(33(51)23-47)19-15-28(41)36(52)43-38(16-17-38)30(48)10-7-18-45-31(49)13-14-32(45)50;3-2(4,5)1(6)7/h4-6,8-9,11-14,20,22,28,34,47H,7,10,15-19,21,23,41H2,1-3H3,(H,43,52);(H,6,7)/t28-,34-;/m0./s1. The number of carboxylic acid groups (broad SMARTS) is 1. The fourth-order valence-electron chi connectivity index (χ4n) is 6.49. The van der Waals surface area contributed by atoms with Crippen molar-refractivity contribution in [2.75, 3.05) is 19.7 Å². The Morgan fingerprint density at radius 2 is 1.61 bits per heavy atom. The van der Waals surface area contributed by atoms with Gasteiger partial charge in [-0.25, -0.2) is 18.6 Å². The Morgan fingerprint density at radius 3 is 2.15 bits per heavy atom. The fraction of sp³-hybridized carbons (Fsp3) is 0.425. The SMILES string of the molecule is CC(C)(C)[C@H](c1nc(-c2cc(F)ccc2F)cn1Cc1ccccc1)N(CC[C@H](N)C(=O)NC1(C(=O)CCCN2C(=O)C=CC2=O)CC1)C(=O)CO.O=C(O)C(F)(F)F. The van der Waals surface area contributed by atoms with Crippen molar-refractivity contribution in [1.29, 1.82) is 0 Å². The number of imide groups is 1. The summed E-state index contributed by atoms with van der Waals surface area (Å²) in [4.78, 5) is 79.6. The monoisotopic (exact) mass is 832 g/mol. The molecule has 3 aromatic rings. The van der Waals surface area contributed by atoms with Gasteiger partial charge < -0.3 is 30.7 Å². The molecule has 1 saturated carbocycles. The van der Waals surface area contributed by atoms with Crippen LogP contribution in [0.15, 0.2) is 66.9 Å². The molecule has 0 unspecified atom stereocenters. The second-order valence-corrected chi connectivity index (χ2v) is 15.2. The second kappa shape index (κ2) is 18.8. The number of carbonyl (C=O) groups is 6. The van der Waals surface area contributed by atoms with Gasteiger partial charge in [-0.15, -0.1) is 0 Å². The number of ketones is 1. The highest BCUT2D eigenvalue weighted by atomic mass is 19.4. The molecule has 14 nitrogen and oxygen atoms in total. The van der Waals surface area contributed by atoms with Gasteiger partial charge in [-0.2, -0.15) is 13.2 Å². The van der Waals surface area contributed by atoms with Gasteiger partial charge in [0.2, 0.25) is 11.8 Å². The number of nitrogens with one attached hydrogen (secondary N) is 1. The Morgan fingerprint density at radius 1 is 1.00 bits per heavy atom. The van der Waals surface area contributed by atoms with E-state index in [4.69, 9.17) is 20.6 Å². The lowest BCUT2D eigenvalue weighted by molar-refractivity contribution is -0.192. The van der Waals surface area contributed by atoms with Crippen LogP contribution in [0.2, 0.25) is 0 Å². The molecule has 1 aliphatic heterocycles. The average Bonchev–Trinajstić information content (AvgIpc) is 3.74. The first-order chi connectivity index (χ1) is 27.6. The molecule has 59 heavy (non-hydrogen) atoms. The third-order valence-corrected chi connectivity index (χ3v) is 9.63. The number of carboxylic acids is 1. The molecule has 1 aliphatic carbocycles. The summed E-state index contributed by atoms with van der Waals surface area (Å²) in [5.74, 6) is -6.04. The van der Waals surface area contributed by atoms with Crippen molar-refractivity contribution in [1.82, 2.24) is 24.7 Å². The van der Waals surface area contributed by atoms with Crippen LogP contribution in [0.3, 0.4) is 0 Å². The number of Topliss-reactive ketones (excluding diaryl/α,β-unsaturated/α-hetero) is 1. The van der Waals surface area contributed by atoms with E-state index in [1.807, 2.05) is 51.1 Å². The number of imidazole rings is 1. The first-order valence-corrected chi connectivity index (χ1v) is 18.5. The highest BCUT2D eigenvalue weighted by molar-refractivity contribution is 6.12. The van der Waals surface area contributed by atoms with E-state index in [2.05, 4.69) is 5.32 Å². The van der Waals surface area contributed by atoms with E-state index in [0.29, 0.717) is 18.7 Å². The highest BCUT2D eigenvalue weighted by Crippen LogP contribution is 2.40. The van der Waals surface area contributed by atoms with Crippen molar-refractivity contribution in [2.24, 2.45) is 11.1 Å². The van der Waals surface area contributed by atoms with Crippen molar-refractivity contribution in [2.45, 2.75) is 83.2 Å². The second-order valence-electron chi connectivity index (χ2n) is 15.2. The number of amides is 4. The molecular formula is C40H45F5N6O8. The Hall–Kier alpha value is -5.82. The molecule has 2 aromatic carbocycles. The number of alkyl halides is 3. The molecule has 0 saturated heterocycles. The van der Waals surface area contributed by atoms with Gasteiger partial charge in [-0.05, 0) is 54.9 Å². The van der Waals surface area contributed by atoms with E-state index in [1.54, 1.807) is 10.8 Å². The van der Waals surface area contributed by atoms with Crippen molar-refractivity contribution in [3.8, 4) is 11.3 Å². The summed E-state index contributed by atoms with van der Waals surface area (Å²) >= 11 is 0. The number of halogens is 5. The number of aliphatic carboxylic acids is 1. The normalized spacial score (nSPS) is 15.6. The van der Waals surface area contributed by atoms with Gasteiger partial charge in [0.25, 0.3) is 11.8 Å². The zero-order valence-corrected chi connectivity index (χ0v) is 32.5. The molecule has 2 aliphatic rings. The lowest BCUT2D eigenvalue weighted by Crippen LogP contribution is -2.52. The summed E-state index contributed by atoms with van der Waals surface area (Å²) in [5, 5.41) is 20.0. The van der Waals surface area contributed by atoms with E-state index in [9.17, 15) is 51.0 Å². The third-order valence-electron chi connectivity index (χ3n) is 9.63. The van der Waals surface area contributed by atoms with E-state index >= 15 is 0 Å². The molecule has 1 fully saturated rings. The first-order valence-electron chi connectivity index (χ1n) is 18.5. The number of aliphatic hydroxyl groups excluding tert-OH is 1. The van der Waals surface area contributed by atoms with Crippen LogP contribution in [-0.2, 0) is 35.3 Å². The van der Waals surface area contributed by atoms with Crippen LogP contribution in [0.1, 0.15) is 70.3 Å². The van der Waals surface area contributed by atoms with Crippen LogP contribution in [0.25, 0.3) is 11.3 Å². The largest absolute Gasteiger partial charge is 0.490 e. The predicted octanol–water partition coefficient (Wildman–Crippen LogP) is 4.06. The summed E-state index contributed by atoms with van der Waals surface area (Å²) < 4.78 is 62.8. The molecule has 4 amide bonds. The quantitative estimate of drug-likeness (QED) is 0.120. The van der Waals surface area contributed by atoms with Gasteiger partial charge in [0.05, 0.1) is 23.3 Å². The molecule has 318 valence electrons. The summed E-state index contributed by atoms with van der Waals surface area (Å²) in [6.07, 6.45) is -0.0130. The van der Waals surface area contributed by atoms with Crippen molar-refractivity contribution in [3.05, 3.63) is 89.9 Å². The highest BCUT2D eigenvalue weighted by Gasteiger charge is 2.50. The zero-order valence-electron chi connectivity index (χ0n) is 32.5. The molecule has 2 heterocycles. The number of rotatable bonds is 16. The predicted molar refractivity (Wildman–Crippen MR) is 201 cm³/mol. The topological polar surface area (TPSA) is 205 Å². The molecule has 19 heteroatoms. The lowest BCUT2D eigenvalue weighted by atomic mass is 9.84. The third kappa shape index (κ3) is 11.9. The van der Waals surface area contributed by atoms with Gasteiger partial charge in [-0.1, -0.05) is 51.1 Å². The molecule has 2 atom stereocenters. The number of hydrogen-bond donors (Lipinski definition) is 4. The molecule has 0 radical (unpaired) electrons. The average molecular weight is 833 g/mol. The van der Waals surface area contributed by atoms with Gasteiger partial charge in [0.15, 0.2) is 5.78 Å². The van der Waals surface area contributed by atoms with Crippen molar-refractivity contribution < 1.29 is 60.9 Å². The molecule has 0 bridgehead atoms. The van der Waals surface area contributed by atoms with E-state index in [0.717, 1.165) is 28.7 Å². The van der Waals surface area contributed by atoms with Crippen LogP contribution in [-0.4, -0.2) is 102 Å². The maximum absolute atomic E-state index is 15.0. The van der Waals surface area contributed by atoms with Crippen LogP contribution in [0, 0.1) is 17.0 Å². The molecule has 5 N–H and O–H groups in total. The number of nitrogens with zero attached hydrogens (tertiary/aromatic N) is 4. The maximum atomic E-state index is 15.0. The van der Waals surface area contributed by atoms with E-state index in [1.165, 1.54) is 17.1 Å². The van der Waals surface area contributed by atoms with Crippen LogP contribution >= 0.6 is 0 Å². The zero-order chi connectivity index (χ0) is 43.9. The Balaban J connectivity index is 0.00000101. The van der Waals surface area contributed by atoms with Crippen molar-refractivity contribution in [3.63, 3.8) is 0 Å². The lowest BCUT2D eigenvalue weighted by Gasteiger charge is -2.40. The Labute approximate surface area is 335 Å². The summed E-state index contributed by atoms with van der Waals surface area (Å²) in [6, 6.07) is 10.5. The molecule has 0 spiro atoms. The van der Waals surface area contributed by atoms with Crippen LogP contribution in [0.4, 0.5) is 22.0 Å². The first kappa shape index (κ1) is 45.9. The number of hydrogen-bond acceptors (Lipinski definition) is 9. The number of benzene rings is 2. The van der Waals surface area contributed by atoms with Gasteiger partial charge in [-0.3, -0.25) is 28.9 Å². The minimum atomic E-state index is -5.08. The van der Waals surface area contributed by atoms with Gasteiger partial charge in [0.1, 0.15) is 24.1 Å². The summed E-state index contributed by atoms with van der Waals surface area (Å²) in [6.45, 7) is 5.08. The van der Waals surface area contributed by atoms with Crippen LogP contribution in [0.5, 0.6) is 0 Å². The number of aromatic nitrogens is 2. The molecule has 1 aromatic heterocycles. The number of carbonyl (C=O) groups excluding carboxylic acids is 5. The summed E-state index contributed by atoms with van der Waals surface area (Å²) in [5.41, 5.74) is 5.52. The minimum absolute atomic E-state index is 0.0363. The Bertz CT molecular complexity index is 2060. The summed E-state index contributed by atoms with van der Waals surface area (Å²) in [7, 11) is 0. The molecule has 5 rings (SSSR count). The van der Waals surface area contributed by atoms with E-state index < -0.39 is 77.1 Å². The molecular weight excluding hydrogens is 787 g/mol. The van der Waals surface area contributed by atoms with Crippen LogP contribution < -0.4 is 11.1 Å². The van der Waals surface area contributed by atoms with Gasteiger partial charge >= 0.3 is 12.1 Å². The van der Waals surface area contributed by atoms with E-state index in [-0.39, 0.29) is 55.9 Å². The minimum Gasteiger partial charge on any atom is -0.475 e. The fourth-order valence-corrected chi connectivity index (χ4v) is 6.49. The Kier molecular flexibility index (Phi) is 14.6.